The molecule has 0 radical (unpaired) electrons. The fourth-order valence-corrected chi connectivity index (χ4v) is 5.73. The van der Waals surface area contributed by atoms with E-state index >= 15 is 0 Å². The number of nitrogens with zero attached hydrogens (tertiary/aromatic N) is 2. The Morgan fingerprint density at radius 3 is 2.03 bits per heavy atom. The Balaban J connectivity index is 2.05. The number of aryl methyl sites for hydroxylation is 2. The number of hydrogen-bond donors (Lipinski definition) is 1. The van der Waals surface area contributed by atoms with Gasteiger partial charge in [-0.15, -0.1) is 0 Å². The Bertz CT molecular complexity index is 1400. The first-order valence-corrected chi connectivity index (χ1v) is 14.5. The van der Waals surface area contributed by atoms with Crippen molar-refractivity contribution in [2.45, 2.75) is 64.6 Å². The van der Waals surface area contributed by atoms with Crippen LogP contribution in [-0.4, -0.2) is 43.3 Å². The van der Waals surface area contributed by atoms with Gasteiger partial charge in [-0.2, -0.15) is 0 Å². The van der Waals surface area contributed by atoms with E-state index in [-0.39, 0.29) is 17.3 Å². The van der Waals surface area contributed by atoms with Crippen molar-refractivity contribution in [3.05, 3.63) is 94.5 Å². The SMILES string of the molecule is Cc1cc(C)cc(N(CC(=O)N(Cc2ccc(Cl)cc2)[C@@H](C)C(=O)NC(C)(C)C)S(=O)(=O)c2ccccc2)c1. The second-order valence-corrected chi connectivity index (χ2v) is 13.0. The van der Waals surface area contributed by atoms with E-state index in [2.05, 4.69) is 5.32 Å². The zero-order valence-corrected chi connectivity index (χ0v) is 24.8. The average Bonchev–Trinajstić information content (AvgIpc) is 2.85. The van der Waals surface area contributed by atoms with Crippen LogP contribution >= 0.6 is 11.6 Å². The number of amides is 2. The van der Waals surface area contributed by atoms with Gasteiger partial charge in [-0.1, -0.05) is 48.0 Å². The highest BCUT2D eigenvalue weighted by Crippen LogP contribution is 2.27. The molecule has 0 heterocycles. The molecule has 0 bridgehead atoms. The maximum absolute atomic E-state index is 14.0. The van der Waals surface area contributed by atoms with Crippen LogP contribution in [-0.2, 0) is 26.2 Å². The molecule has 0 saturated heterocycles. The minimum atomic E-state index is -4.10. The van der Waals surface area contributed by atoms with Crippen LogP contribution in [0.2, 0.25) is 5.02 Å². The van der Waals surface area contributed by atoms with Gasteiger partial charge in [-0.05, 0) is 94.6 Å². The summed E-state index contributed by atoms with van der Waals surface area (Å²) in [5.74, 6) is -0.853. The van der Waals surface area contributed by atoms with Crippen LogP contribution in [0.5, 0.6) is 0 Å². The van der Waals surface area contributed by atoms with E-state index in [1.165, 1.54) is 17.0 Å². The molecule has 0 unspecified atom stereocenters. The Kier molecular flexibility index (Phi) is 9.46. The number of sulfonamides is 1. The lowest BCUT2D eigenvalue weighted by atomic mass is 10.1. The molecule has 9 heteroatoms. The van der Waals surface area contributed by atoms with E-state index in [9.17, 15) is 18.0 Å². The van der Waals surface area contributed by atoms with Gasteiger partial charge in [0.2, 0.25) is 11.8 Å². The van der Waals surface area contributed by atoms with Crippen molar-refractivity contribution < 1.29 is 18.0 Å². The van der Waals surface area contributed by atoms with E-state index in [0.717, 1.165) is 21.0 Å². The Morgan fingerprint density at radius 1 is 0.923 bits per heavy atom. The maximum Gasteiger partial charge on any atom is 0.264 e. The molecule has 3 aromatic rings. The monoisotopic (exact) mass is 569 g/mol. The fourth-order valence-electron chi connectivity index (χ4n) is 4.19. The molecule has 0 saturated carbocycles. The van der Waals surface area contributed by atoms with Gasteiger partial charge in [-0.3, -0.25) is 13.9 Å². The molecule has 0 fully saturated rings. The molecule has 1 N–H and O–H groups in total. The lowest BCUT2D eigenvalue weighted by Crippen LogP contribution is -2.54. The molecule has 0 aliphatic carbocycles. The number of nitrogens with one attached hydrogen (secondary N) is 1. The lowest BCUT2D eigenvalue weighted by Gasteiger charge is -2.33. The van der Waals surface area contributed by atoms with Gasteiger partial charge in [0, 0.05) is 17.1 Å². The predicted octanol–water partition coefficient (Wildman–Crippen LogP) is 5.48. The molecule has 7 nitrogen and oxygen atoms in total. The van der Waals surface area contributed by atoms with Crippen LogP contribution in [0.4, 0.5) is 5.69 Å². The standard InChI is InChI=1S/C30H36ClN3O4S/c1-21-16-22(2)18-26(17-21)34(39(37,38)27-10-8-7-9-11-27)20-28(35)33(19-24-12-14-25(31)15-13-24)23(3)29(36)32-30(4,5)6/h7-18,23H,19-20H2,1-6H3,(H,32,36)/t23-/m0/s1. The average molecular weight is 570 g/mol. The summed E-state index contributed by atoms with van der Waals surface area (Å²) in [5.41, 5.74) is 2.35. The van der Waals surface area contributed by atoms with Crippen LogP contribution < -0.4 is 9.62 Å². The van der Waals surface area contributed by atoms with E-state index < -0.39 is 34.1 Å². The molecular formula is C30H36ClN3O4S. The summed E-state index contributed by atoms with van der Waals surface area (Å²) < 4.78 is 28.8. The molecule has 0 aliphatic rings. The van der Waals surface area contributed by atoms with Gasteiger partial charge in [0.25, 0.3) is 10.0 Å². The molecule has 0 aliphatic heterocycles. The Labute approximate surface area is 236 Å². The number of benzene rings is 3. The largest absolute Gasteiger partial charge is 0.350 e. The molecular weight excluding hydrogens is 534 g/mol. The van der Waals surface area contributed by atoms with E-state index in [0.29, 0.717) is 10.7 Å². The number of carbonyl (C=O) groups is 2. The summed E-state index contributed by atoms with van der Waals surface area (Å²) in [7, 11) is -4.10. The molecule has 0 spiro atoms. The second-order valence-electron chi connectivity index (χ2n) is 10.7. The van der Waals surface area contributed by atoms with Crippen LogP contribution in [0.3, 0.4) is 0 Å². The Hall–Kier alpha value is -3.36. The quantitative estimate of drug-likeness (QED) is 0.369. The van der Waals surface area contributed by atoms with Gasteiger partial charge in [0.05, 0.1) is 10.6 Å². The van der Waals surface area contributed by atoms with Crippen molar-refractivity contribution in [2.24, 2.45) is 0 Å². The van der Waals surface area contributed by atoms with Crippen LogP contribution in [0.25, 0.3) is 0 Å². The molecule has 3 rings (SSSR count). The fraction of sp³-hybridized carbons (Fsp3) is 0.333. The van der Waals surface area contributed by atoms with E-state index in [4.69, 9.17) is 11.6 Å². The predicted molar refractivity (Wildman–Crippen MR) is 156 cm³/mol. The molecule has 2 amide bonds. The van der Waals surface area contributed by atoms with Gasteiger partial charge in [0.1, 0.15) is 12.6 Å². The van der Waals surface area contributed by atoms with Gasteiger partial charge in [0.15, 0.2) is 0 Å². The number of hydrogen-bond acceptors (Lipinski definition) is 4. The Morgan fingerprint density at radius 2 is 1.49 bits per heavy atom. The van der Waals surface area contributed by atoms with Gasteiger partial charge < -0.3 is 10.2 Å². The third-order valence-electron chi connectivity index (χ3n) is 6.04. The zero-order chi connectivity index (χ0) is 29.0. The van der Waals surface area contributed by atoms with Crippen molar-refractivity contribution in [3.63, 3.8) is 0 Å². The first-order chi connectivity index (χ1) is 18.2. The number of halogens is 1. The molecule has 3 aromatic carbocycles. The minimum Gasteiger partial charge on any atom is -0.350 e. The van der Waals surface area contributed by atoms with Crippen molar-refractivity contribution in [1.29, 1.82) is 0 Å². The third-order valence-corrected chi connectivity index (χ3v) is 8.08. The first-order valence-electron chi connectivity index (χ1n) is 12.7. The smallest absolute Gasteiger partial charge is 0.264 e. The highest BCUT2D eigenvalue weighted by Gasteiger charge is 2.33. The molecule has 0 aromatic heterocycles. The van der Waals surface area contributed by atoms with Crippen molar-refractivity contribution in [2.75, 3.05) is 10.8 Å². The highest BCUT2D eigenvalue weighted by molar-refractivity contribution is 7.92. The van der Waals surface area contributed by atoms with Crippen LogP contribution in [0.1, 0.15) is 44.4 Å². The minimum absolute atomic E-state index is 0.0692. The van der Waals surface area contributed by atoms with Crippen molar-refractivity contribution in [1.82, 2.24) is 10.2 Å². The van der Waals surface area contributed by atoms with E-state index in [1.807, 2.05) is 40.7 Å². The second kappa shape index (κ2) is 12.2. The van der Waals surface area contributed by atoms with Gasteiger partial charge >= 0.3 is 0 Å². The van der Waals surface area contributed by atoms with Gasteiger partial charge in [-0.25, -0.2) is 8.42 Å². The first kappa shape index (κ1) is 30.2. The highest BCUT2D eigenvalue weighted by atomic mass is 35.5. The summed E-state index contributed by atoms with van der Waals surface area (Å²) in [6.45, 7) is 10.6. The van der Waals surface area contributed by atoms with E-state index in [1.54, 1.807) is 61.5 Å². The molecule has 208 valence electrons. The summed E-state index contributed by atoms with van der Waals surface area (Å²) in [6.07, 6.45) is 0. The van der Waals surface area contributed by atoms with Crippen LogP contribution in [0, 0.1) is 13.8 Å². The topological polar surface area (TPSA) is 86.8 Å². The number of anilines is 1. The lowest BCUT2D eigenvalue weighted by molar-refractivity contribution is -0.140. The van der Waals surface area contributed by atoms with Crippen LogP contribution in [0.15, 0.2) is 77.7 Å². The van der Waals surface area contributed by atoms with Crippen molar-refractivity contribution >= 4 is 39.1 Å². The summed E-state index contributed by atoms with van der Waals surface area (Å²) >= 11 is 6.05. The summed E-state index contributed by atoms with van der Waals surface area (Å²) in [6, 6.07) is 19.5. The van der Waals surface area contributed by atoms with Crippen molar-refractivity contribution in [3.8, 4) is 0 Å². The summed E-state index contributed by atoms with van der Waals surface area (Å²) in [4.78, 5) is 28.6. The third kappa shape index (κ3) is 8.07. The maximum atomic E-state index is 14.0. The number of rotatable bonds is 9. The summed E-state index contributed by atoms with van der Waals surface area (Å²) in [5, 5.41) is 3.47. The number of carbonyl (C=O) groups excluding carboxylic acids is 2. The zero-order valence-electron chi connectivity index (χ0n) is 23.2. The molecule has 1 atom stereocenters. The normalized spacial score (nSPS) is 12.5. The molecule has 39 heavy (non-hydrogen) atoms.